The van der Waals surface area contributed by atoms with Gasteiger partial charge in [0.05, 0.1) is 5.52 Å². The molecule has 0 radical (unpaired) electrons. The van der Waals surface area contributed by atoms with E-state index >= 15 is 0 Å². The van der Waals surface area contributed by atoms with Crippen molar-refractivity contribution in [2.45, 2.75) is 6.92 Å². The maximum atomic E-state index is 4.63. The minimum atomic E-state index is 1.06. The number of hydrogen-bond acceptors (Lipinski definition) is 1. The molecule has 0 amide bonds. The van der Waals surface area contributed by atoms with E-state index in [9.17, 15) is 0 Å². The summed E-state index contributed by atoms with van der Waals surface area (Å²) in [6.07, 6.45) is 0. The molecule has 4 aromatic rings. The van der Waals surface area contributed by atoms with Crippen molar-refractivity contribution in [3.63, 3.8) is 0 Å². The fraction of sp³-hybridized carbons (Fsp3) is 0.118. The van der Waals surface area contributed by atoms with Crippen LogP contribution in [0.15, 0.2) is 48.5 Å². The van der Waals surface area contributed by atoms with Crippen LogP contribution < -0.4 is 0 Å². The van der Waals surface area contributed by atoms with Gasteiger partial charge in [0.2, 0.25) is 0 Å². The molecule has 0 fully saturated rings. The second-order valence-electron chi connectivity index (χ2n) is 5.06. The molecule has 0 saturated heterocycles. The molecule has 0 aliphatic heterocycles. The largest absolute Gasteiger partial charge is 0.344 e. The Bertz CT molecular complexity index is 932. The average molecular weight is 246 g/mol. The minimum absolute atomic E-state index is 1.06. The number of benzene rings is 2. The Labute approximate surface area is 111 Å². The molecule has 0 bridgehead atoms. The van der Waals surface area contributed by atoms with Crippen LogP contribution in [0.4, 0.5) is 0 Å². The van der Waals surface area contributed by atoms with Gasteiger partial charge in [-0.3, -0.25) is 4.98 Å². The van der Waals surface area contributed by atoms with E-state index in [2.05, 4.69) is 65.1 Å². The summed E-state index contributed by atoms with van der Waals surface area (Å²) in [6, 6.07) is 17.1. The fourth-order valence-electron chi connectivity index (χ4n) is 2.96. The predicted octanol–water partition coefficient (Wildman–Crippen LogP) is 4.19. The van der Waals surface area contributed by atoms with Gasteiger partial charge in [-0.2, -0.15) is 0 Å². The van der Waals surface area contributed by atoms with Gasteiger partial charge in [-0.1, -0.05) is 24.3 Å². The summed E-state index contributed by atoms with van der Waals surface area (Å²) >= 11 is 0. The predicted molar refractivity (Wildman–Crippen MR) is 80.5 cm³/mol. The molecule has 2 nitrogen and oxygen atoms in total. The molecular formula is C17H14N2. The summed E-state index contributed by atoms with van der Waals surface area (Å²) in [5.41, 5.74) is 4.67. The van der Waals surface area contributed by atoms with Crippen LogP contribution in [0.25, 0.3) is 32.7 Å². The van der Waals surface area contributed by atoms with Crippen molar-refractivity contribution in [1.82, 2.24) is 9.55 Å². The van der Waals surface area contributed by atoms with Crippen molar-refractivity contribution in [3.05, 3.63) is 54.2 Å². The van der Waals surface area contributed by atoms with Gasteiger partial charge in [0, 0.05) is 39.9 Å². The SMILES string of the molecule is Cc1ccc2c(ccc3c2c2ccccc2n3C)n1. The highest BCUT2D eigenvalue weighted by Gasteiger charge is 2.10. The third kappa shape index (κ3) is 1.34. The molecule has 2 aromatic carbocycles. The number of hydrogen-bond donors (Lipinski definition) is 0. The van der Waals surface area contributed by atoms with Gasteiger partial charge in [0.1, 0.15) is 0 Å². The van der Waals surface area contributed by atoms with Crippen LogP contribution in [0.1, 0.15) is 5.69 Å². The van der Waals surface area contributed by atoms with Gasteiger partial charge < -0.3 is 4.57 Å². The van der Waals surface area contributed by atoms with Crippen LogP contribution in [0.3, 0.4) is 0 Å². The first-order valence-corrected chi connectivity index (χ1v) is 6.49. The summed E-state index contributed by atoms with van der Waals surface area (Å²) in [6.45, 7) is 2.03. The van der Waals surface area contributed by atoms with Crippen LogP contribution in [0.5, 0.6) is 0 Å². The normalized spacial score (nSPS) is 11.7. The van der Waals surface area contributed by atoms with Crippen molar-refractivity contribution in [2.75, 3.05) is 0 Å². The maximum absolute atomic E-state index is 4.63. The quantitative estimate of drug-likeness (QED) is 0.455. The Morgan fingerprint density at radius 3 is 2.58 bits per heavy atom. The second kappa shape index (κ2) is 3.58. The lowest BCUT2D eigenvalue weighted by Crippen LogP contribution is -1.87. The molecule has 0 aliphatic rings. The third-order valence-corrected chi connectivity index (χ3v) is 3.88. The molecule has 19 heavy (non-hydrogen) atoms. The van der Waals surface area contributed by atoms with Crippen molar-refractivity contribution in [1.29, 1.82) is 0 Å². The smallest absolute Gasteiger partial charge is 0.0712 e. The lowest BCUT2D eigenvalue weighted by molar-refractivity contribution is 1.01. The Kier molecular flexibility index (Phi) is 1.99. The molecule has 2 heterocycles. The number of para-hydroxylation sites is 1. The second-order valence-corrected chi connectivity index (χ2v) is 5.06. The van der Waals surface area contributed by atoms with Crippen LogP contribution >= 0.6 is 0 Å². The van der Waals surface area contributed by atoms with Crippen molar-refractivity contribution in [3.8, 4) is 0 Å². The topological polar surface area (TPSA) is 17.8 Å². The van der Waals surface area contributed by atoms with E-state index in [-0.39, 0.29) is 0 Å². The number of aryl methyl sites for hydroxylation is 2. The van der Waals surface area contributed by atoms with Gasteiger partial charge >= 0.3 is 0 Å². The number of aromatic nitrogens is 2. The summed E-state index contributed by atoms with van der Waals surface area (Å²) in [5.74, 6) is 0. The molecule has 4 rings (SSSR count). The van der Waals surface area contributed by atoms with Gasteiger partial charge in [0.15, 0.2) is 0 Å². The van der Waals surface area contributed by atoms with E-state index < -0.39 is 0 Å². The first-order chi connectivity index (χ1) is 9.25. The summed E-state index contributed by atoms with van der Waals surface area (Å²) in [5, 5.41) is 3.85. The highest BCUT2D eigenvalue weighted by atomic mass is 14.9. The first-order valence-electron chi connectivity index (χ1n) is 6.49. The van der Waals surface area contributed by atoms with E-state index in [0.717, 1.165) is 11.2 Å². The molecule has 2 heteroatoms. The first kappa shape index (κ1) is 10.6. The molecule has 0 N–H and O–H groups in total. The van der Waals surface area contributed by atoms with E-state index in [1.54, 1.807) is 0 Å². The highest BCUT2D eigenvalue weighted by Crippen LogP contribution is 2.33. The Hall–Kier alpha value is -2.35. The number of pyridine rings is 1. The van der Waals surface area contributed by atoms with Crippen LogP contribution in [0, 0.1) is 6.92 Å². The molecule has 0 atom stereocenters. The van der Waals surface area contributed by atoms with E-state index in [0.29, 0.717) is 0 Å². The highest BCUT2D eigenvalue weighted by molar-refractivity contribution is 6.19. The maximum Gasteiger partial charge on any atom is 0.0712 e. The zero-order chi connectivity index (χ0) is 13.0. The van der Waals surface area contributed by atoms with Crippen LogP contribution in [0.2, 0.25) is 0 Å². The fourth-order valence-corrected chi connectivity index (χ4v) is 2.96. The van der Waals surface area contributed by atoms with Crippen LogP contribution in [-0.4, -0.2) is 9.55 Å². The Morgan fingerprint density at radius 1 is 0.842 bits per heavy atom. The van der Waals surface area contributed by atoms with Crippen molar-refractivity contribution < 1.29 is 0 Å². The summed E-state index contributed by atoms with van der Waals surface area (Å²) in [4.78, 5) is 4.63. The molecular weight excluding hydrogens is 232 g/mol. The van der Waals surface area contributed by atoms with E-state index in [4.69, 9.17) is 0 Å². The standard InChI is InChI=1S/C17H14N2/c1-11-7-8-12-14(18-11)9-10-16-17(12)13-5-3-4-6-15(13)19(16)2/h3-10H,1-2H3. The molecule has 0 unspecified atom stereocenters. The zero-order valence-corrected chi connectivity index (χ0v) is 11.0. The van der Waals surface area contributed by atoms with E-state index in [1.165, 1.54) is 27.2 Å². The average Bonchev–Trinajstić information content (AvgIpc) is 2.73. The Morgan fingerprint density at radius 2 is 1.68 bits per heavy atom. The number of rotatable bonds is 0. The van der Waals surface area contributed by atoms with Crippen LogP contribution in [-0.2, 0) is 7.05 Å². The third-order valence-electron chi connectivity index (χ3n) is 3.88. The molecule has 0 saturated carbocycles. The summed E-state index contributed by atoms with van der Waals surface area (Å²) in [7, 11) is 2.12. The lowest BCUT2D eigenvalue weighted by Gasteiger charge is -2.02. The van der Waals surface area contributed by atoms with Gasteiger partial charge in [-0.05, 0) is 31.2 Å². The van der Waals surface area contributed by atoms with Gasteiger partial charge in [0.25, 0.3) is 0 Å². The van der Waals surface area contributed by atoms with Crippen molar-refractivity contribution >= 4 is 32.7 Å². The monoisotopic (exact) mass is 246 g/mol. The number of nitrogens with zero attached hydrogens (tertiary/aromatic N) is 2. The minimum Gasteiger partial charge on any atom is -0.344 e. The van der Waals surface area contributed by atoms with Crippen molar-refractivity contribution in [2.24, 2.45) is 7.05 Å². The number of fused-ring (bicyclic) bond motifs is 5. The molecule has 92 valence electrons. The van der Waals surface area contributed by atoms with Gasteiger partial charge in [-0.15, -0.1) is 0 Å². The Balaban J connectivity index is 2.36. The molecule has 2 aromatic heterocycles. The molecule has 0 spiro atoms. The zero-order valence-electron chi connectivity index (χ0n) is 11.0. The summed E-state index contributed by atoms with van der Waals surface area (Å²) < 4.78 is 2.25. The molecule has 0 aliphatic carbocycles. The lowest BCUT2D eigenvalue weighted by atomic mass is 10.1. The van der Waals surface area contributed by atoms with Gasteiger partial charge in [-0.25, -0.2) is 0 Å². The van der Waals surface area contributed by atoms with E-state index in [1.807, 2.05) is 6.92 Å².